The van der Waals surface area contributed by atoms with Crippen molar-refractivity contribution >= 4 is 62.5 Å². The summed E-state index contributed by atoms with van der Waals surface area (Å²) in [5, 5.41) is 3.53. The smallest absolute Gasteiger partial charge is 0.264 e. The van der Waals surface area contributed by atoms with Crippen molar-refractivity contribution in [3.63, 3.8) is 0 Å². The Balaban J connectivity index is 2.07. The van der Waals surface area contributed by atoms with Crippen LogP contribution >= 0.6 is 35.0 Å². The maximum Gasteiger partial charge on any atom is 0.264 e. The van der Waals surface area contributed by atoms with Crippen LogP contribution in [0.25, 0.3) is 0 Å². The number of benzene rings is 3. The predicted molar refractivity (Wildman–Crippen MR) is 175 cm³/mol. The average Bonchev–Trinajstić information content (AvgIpc) is 3.00. The van der Waals surface area contributed by atoms with Gasteiger partial charge >= 0.3 is 0 Å². The second-order valence-electron chi connectivity index (χ2n) is 9.60. The first-order valence-corrected chi connectivity index (χ1v) is 17.4. The van der Waals surface area contributed by atoms with Crippen LogP contribution in [0.2, 0.25) is 10.0 Å². The number of carbonyl (C=O) groups is 2. The minimum Gasteiger partial charge on any atom is -0.494 e. The van der Waals surface area contributed by atoms with E-state index in [9.17, 15) is 18.0 Å². The maximum atomic E-state index is 14.2. The number of amides is 2. The first kappa shape index (κ1) is 34.6. The molecule has 0 saturated heterocycles. The van der Waals surface area contributed by atoms with Crippen molar-refractivity contribution in [2.45, 2.75) is 56.0 Å². The van der Waals surface area contributed by atoms with Crippen LogP contribution in [-0.2, 0) is 26.2 Å². The number of carbonyl (C=O) groups excluding carboxylic acids is 2. The molecule has 3 aromatic carbocycles. The molecule has 0 radical (unpaired) electrons. The highest BCUT2D eigenvalue weighted by Gasteiger charge is 2.33. The van der Waals surface area contributed by atoms with Crippen molar-refractivity contribution in [2.75, 3.05) is 30.3 Å². The number of nitrogens with zero attached hydrogens (tertiary/aromatic N) is 2. The van der Waals surface area contributed by atoms with Crippen LogP contribution in [0.15, 0.2) is 76.5 Å². The lowest BCUT2D eigenvalue weighted by Crippen LogP contribution is -2.52. The molecule has 12 heteroatoms. The first-order chi connectivity index (χ1) is 20.5. The first-order valence-electron chi connectivity index (χ1n) is 14.0. The second kappa shape index (κ2) is 16.2. The summed E-state index contributed by atoms with van der Waals surface area (Å²) in [6.45, 7) is 5.97. The Morgan fingerprint density at radius 2 is 1.63 bits per heavy atom. The van der Waals surface area contributed by atoms with Crippen LogP contribution in [0.5, 0.6) is 5.75 Å². The maximum absolute atomic E-state index is 14.2. The Morgan fingerprint density at radius 3 is 2.19 bits per heavy atom. The van der Waals surface area contributed by atoms with Crippen LogP contribution in [0.4, 0.5) is 5.69 Å². The Bertz CT molecular complexity index is 1490. The van der Waals surface area contributed by atoms with Crippen LogP contribution in [0.1, 0.15) is 39.2 Å². The van der Waals surface area contributed by atoms with Gasteiger partial charge in [0, 0.05) is 18.0 Å². The van der Waals surface area contributed by atoms with Crippen LogP contribution in [0, 0.1) is 0 Å². The van der Waals surface area contributed by atoms with Gasteiger partial charge in [-0.05, 0) is 92.2 Å². The standard InChI is InChI=1S/C31H37Cl2N3O5S2/c1-5-18-34-31(38)29(6-2)35(20-22-8-17-27(32)28(33)19-22)30(37)21-36(23-9-11-24(12-10-23)41-7-3)43(39,40)26-15-13-25(42-4)14-16-26/h8-17,19,29H,5-7,18,20-21H2,1-4H3,(H,34,38)/t29-/m0/s1. The highest BCUT2D eigenvalue weighted by Crippen LogP contribution is 2.29. The molecule has 0 aliphatic rings. The molecule has 0 spiro atoms. The van der Waals surface area contributed by atoms with Gasteiger partial charge in [0.15, 0.2) is 0 Å². The Hall–Kier alpha value is -2.92. The molecule has 3 rings (SSSR count). The fraction of sp³-hybridized carbons (Fsp3) is 0.355. The summed E-state index contributed by atoms with van der Waals surface area (Å²) >= 11 is 13.9. The van der Waals surface area contributed by atoms with Gasteiger partial charge in [-0.2, -0.15) is 0 Å². The summed E-state index contributed by atoms with van der Waals surface area (Å²) in [6, 6.07) is 17.1. The molecule has 0 aromatic heterocycles. The number of ether oxygens (including phenoxy) is 1. The average molecular weight is 667 g/mol. The van der Waals surface area contributed by atoms with E-state index < -0.39 is 28.5 Å². The van der Waals surface area contributed by atoms with Gasteiger partial charge in [0.25, 0.3) is 10.0 Å². The van der Waals surface area contributed by atoms with E-state index in [0.29, 0.717) is 40.9 Å². The molecule has 8 nitrogen and oxygen atoms in total. The molecule has 0 aliphatic heterocycles. The molecule has 1 atom stereocenters. The quantitative estimate of drug-likeness (QED) is 0.183. The zero-order valence-corrected chi connectivity index (χ0v) is 27.8. The predicted octanol–water partition coefficient (Wildman–Crippen LogP) is 6.64. The van der Waals surface area contributed by atoms with E-state index in [2.05, 4.69) is 5.32 Å². The Labute approximate surface area is 268 Å². The third-order valence-electron chi connectivity index (χ3n) is 6.63. The molecule has 0 fully saturated rings. The molecule has 43 heavy (non-hydrogen) atoms. The van der Waals surface area contributed by atoms with Gasteiger partial charge in [-0.1, -0.05) is 43.1 Å². The molecular weight excluding hydrogens is 629 g/mol. The number of sulfonamides is 1. The van der Waals surface area contributed by atoms with Crippen molar-refractivity contribution in [1.82, 2.24) is 10.2 Å². The largest absolute Gasteiger partial charge is 0.494 e. The van der Waals surface area contributed by atoms with E-state index in [0.717, 1.165) is 15.6 Å². The van der Waals surface area contributed by atoms with Gasteiger partial charge in [-0.3, -0.25) is 13.9 Å². The SMILES string of the molecule is CCCNC(=O)[C@H](CC)N(Cc1ccc(Cl)c(Cl)c1)C(=O)CN(c1ccc(OCC)cc1)S(=O)(=O)c1ccc(SC)cc1. The molecule has 0 bridgehead atoms. The second-order valence-corrected chi connectivity index (χ2v) is 13.2. The molecule has 0 unspecified atom stereocenters. The van der Waals surface area contributed by atoms with E-state index in [-0.39, 0.29) is 23.0 Å². The zero-order chi connectivity index (χ0) is 31.6. The summed E-state index contributed by atoms with van der Waals surface area (Å²) < 4.78 is 34.7. The lowest BCUT2D eigenvalue weighted by atomic mass is 10.1. The zero-order valence-electron chi connectivity index (χ0n) is 24.7. The highest BCUT2D eigenvalue weighted by molar-refractivity contribution is 7.98. The van der Waals surface area contributed by atoms with Gasteiger partial charge < -0.3 is 15.0 Å². The van der Waals surface area contributed by atoms with Gasteiger partial charge in [-0.25, -0.2) is 8.42 Å². The third-order valence-corrected chi connectivity index (χ3v) is 9.90. The van der Waals surface area contributed by atoms with Gasteiger partial charge in [0.1, 0.15) is 18.3 Å². The third kappa shape index (κ3) is 9.04. The number of thioether (sulfide) groups is 1. The van der Waals surface area contributed by atoms with E-state index in [1.165, 1.54) is 28.8 Å². The minimum absolute atomic E-state index is 0.0212. The molecule has 0 saturated carbocycles. The number of halogens is 2. The number of anilines is 1. The van der Waals surface area contributed by atoms with E-state index in [4.69, 9.17) is 27.9 Å². The van der Waals surface area contributed by atoms with Crippen molar-refractivity contribution < 1.29 is 22.7 Å². The van der Waals surface area contributed by atoms with Crippen LogP contribution in [0.3, 0.4) is 0 Å². The number of hydrogen-bond donors (Lipinski definition) is 1. The molecule has 0 heterocycles. The Kier molecular flexibility index (Phi) is 13.1. The minimum atomic E-state index is -4.19. The van der Waals surface area contributed by atoms with E-state index in [1.54, 1.807) is 61.5 Å². The normalized spacial score (nSPS) is 12.0. The molecule has 232 valence electrons. The lowest BCUT2D eigenvalue weighted by Gasteiger charge is -2.33. The van der Waals surface area contributed by atoms with Gasteiger partial charge in [0.2, 0.25) is 11.8 Å². The van der Waals surface area contributed by atoms with Crippen molar-refractivity contribution in [2.24, 2.45) is 0 Å². The topological polar surface area (TPSA) is 96.0 Å². The fourth-order valence-corrected chi connectivity index (χ4v) is 6.54. The molecule has 0 aliphatic carbocycles. The number of nitrogens with one attached hydrogen (secondary N) is 1. The van der Waals surface area contributed by atoms with Gasteiger partial charge in [-0.15, -0.1) is 11.8 Å². The summed E-state index contributed by atoms with van der Waals surface area (Å²) in [5.74, 6) is -0.303. The van der Waals surface area contributed by atoms with Crippen LogP contribution in [-0.4, -0.2) is 57.1 Å². The fourth-order valence-electron chi connectivity index (χ4n) is 4.40. The summed E-state index contributed by atoms with van der Waals surface area (Å²) in [4.78, 5) is 29.7. The molecule has 2 amide bonds. The summed E-state index contributed by atoms with van der Waals surface area (Å²) in [5.41, 5.74) is 0.927. The molecule has 3 aromatic rings. The number of rotatable bonds is 15. The monoisotopic (exact) mass is 665 g/mol. The highest BCUT2D eigenvalue weighted by atomic mass is 35.5. The summed E-state index contributed by atoms with van der Waals surface area (Å²) in [7, 11) is -4.19. The lowest BCUT2D eigenvalue weighted by molar-refractivity contribution is -0.140. The van der Waals surface area contributed by atoms with Gasteiger partial charge in [0.05, 0.1) is 27.2 Å². The Morgan fingerprint density at radius 1 is 0.953 bits per heavy atom. The van der Waals surface area contributed by atoms with Crippen molar-refractivity contribution in [3.8, 4) is 5.75 Å². The number of hydrogen-bond acceptors (Lipinski definition) is 6. The molecule has 1 N–H and O–H groups in total. The van der Waals surface area contributed by atoms with Crippen molar-refractivity contribution in [3.05, 3.63) is 82.3 Å². The van der Waals surface area contributed by atoms with Crippen molar-refractivity contribution in [1.29, 1.82) is 0 Å². The van der Waals surface area contributed by atoms with E-state index >= 15 is 0 Å². The van der Waals surface area contributed by atoms with Crippen LogP contribution < -0.4 is 14.4 Å². The molecular formula is C31H37Cl2N3O5S2. The summed E-state index contributed by atoms with van der Waals surface area (Å²) in [6.07, 6.45) is 2.94. The van der Waals surface area contributed by atoms with E-state index in [1.807, 2.05) is 20.1 Å².